The lowest BCUT2D eigenvalue weighted by Gasteiger charge is -2.08. The first kappa shape index (κ1) is 14.3. The summed E-state index contributed by atoms with van der Waals surface area (Å²) in [5.41, 5.74) is 1.85. The lowest BCUT2D eigenvalue weighted by atomic mass is 10.2. The van der Waals surface area contributed by atoms with E-state index in [-0.39, 0.29) is 5.91 Å². The molecule has 0 aliphatic carbocycles. The average Bonchev–Trinajstić information content (AvgIpc) is 2.49. The van der Waals surface area contributed by atoms with Crippen LogP contribution in [0.15, 0.2) is 41.0 Å². The summed E-state index contributed by atoms with van der Waals surface area (Å²) in [6.45, 7) is 0. The summed E-state index contributed by atoms with van der Waals surface area (Å²) in [6.07, 6.45) is 1.61. The molecule has 1 heterocycles. The van der Waals surface area contributed by atoms with Crippen molar-refractivity contribution in [2.75, 3.05) is 24.8 Å². The molecule has 0 bridgehead atoms. The lowest BCUT2D eigenvalue weighted by molar-refractivity contribution is 0.102. The molecular weight excluding hydrogens is 322 g/mol. The first-order valence-electron chi connectivity index (χ1n) is 5.92. The molecule has 0 unspecified atom stereocenters. The SMILES string of the molecule is CNc1ccc(C(=O)Nc2ccc(Br)c(OC)c2)nc1. The Morgan fingerprint density at radius 1 is 1.25 bits per heavy atom. The van der Waals surface area contributed by atoms with Crippen LogP contribution in [0.3, 0.4) is 0 Å². The predicted octanol–water partition coefficient (Wildman–Crippen LogP) is 3.15. The minimum absolute atomic E-state index is 0.267. The Hall–Kier alpha value is -2.08. The predicted molar refractivity (Wildman–Crippen MR) is 82.4 cm³/mol. The van der Waals surface area contributed by atoms with Crippen LogP contribution in [0.5, 0.6) is 5.75 Å². The van der Waals surface area contributed by atoms with Crippen LogP contribution < -0.4 is 15.4 Å². The van der Waals surface area contributed by atoms with Crippen molar-refractivity contribution in [3.05, 3.63) is 46.7 Å². The molecule has 5 nitrogen and oxygen atoms in total. The smallest absolute Gasteiger partial charge is 0.274 e. The van der Waals surface area contributed by atoms with Crippen LogP contribution in [-0.4, -0.2) is 25.0 Å². The van der Waals surface area contributed by atoms with E-state index in [0.717, 1.165) is 10.2 Å². The number of halogens is 1. The van der Waals surface area contributed by atoms with E-state index in [0.29, 0.717) is 17.1 Å². The number of amides is 1. The van der Waals surface area contributed by atoms with Gasteiger partial charge in [0.15, 0.2) is 0 Å². The standard InChI is InChI=1S/C14H14BrN3O2/c1-16-10-4-6-12(17-8-10)14(19)18-9-3-5-11(15)13(7-9)20-2/h3-8,16H,1-2H3,(H,18,19). The van der Waals surface area contributed by atoms with E-state index in [1.165, 1.54) is 0 Å². The zero-order chi connectivity index (χ0) is 14.5. The quantitative estimate of drug-likeness (QED) is 0.900. The fourth-order valence-corrected chi connectivity index (χ4v) is 2.02. The monoisotopic (exact) mass is 335 g/mol. The van der Waals surface area contributed by atoms with Crippen molar-refractivity contribution < 1.29 is 9.53 Å². The summed E-state index contributed by atoms with van der Waals surface area (Å²) < 4.78 is 6.01. The van der Waals surface area contributed by atoms with Gasteiger partial charge in [-0.2, -0.15) is 0 Å². The third-order valence-corrected chi connectivity index (χ3v) is 3.35. The van der Waals surface area contributed by atoms with Gasteiger partial charge in [-0.1, -0.05) is 0 Å². The van der Waals surface area contributed by atoms with Gasteiger partial charge in [0.05, 0.1) is 23.5 Å². The highest BCUT2D eigenvalue weighted by Crippen LogP contribution is 2.27. The highest BCUT2D eigenvalue weighted by atomic mass is 79.9. The number of carbonyl (C=O) groups excluding carboxylic acids is 1. The number of hydrogen-bond acceptors (Lipinski definition) is 4. The molecule has 0 saturated carbocycles. The molecule has 0 aliphatic heterocycles. The summed E-state index contributed by atoms with van der Waals surface area (Å²) in [5, 5.41) is 5.72. The van der Waals surface area contributed by atoms with Crippen LogP contribution in [0, 0.1) is 0 Å². The van der Waals surface area contributed by atoms with Gasteiger partial charge < -0.3 is 15.4 Å². The maximum atomic E-state index is 12.1. The van der Waals surface area contributed by atoms with E-state index in [4.69, 9.17) is 4.74 Å². The molecular formula is C14H14BrN3O2. The highest BCUT2D eigenvalue weighted by Gasteiger charge is 2.09. The lowest BCUT2D eigenvalue weighted by Crippen LogP contribution is -2.13. The Balaban J connectivity index is 2.14. The normalized spacial score (nSPS) is 9.95. The van der Waals surface area contributed by atoms with Gasteiger partial charge in [0.2, 0.25) is 0 Å². The number of hydrogen-bond donors (Lipinski definition) is 2. The van der Waals surface area contributed by atoms with Gasteiger partial charge in [-0.05, 0) is 40.2 Å². The number of ether oxygens (including phenoxy) is 1. The minimum atomic E-state index is -0.267. The van der Waals surface area contributed by atoms with Crippen LogP contribution in [0.2, 0.25) is 0 Å². The molecule has 0 atom stereocenters. The van der Waals surface area contributed by atoms with Crippen molar-refractivity contribution in [1.29, 1.82) is 0 Å². The number of methoxy groups -OCH3 is 1. The van der Waals surface area contributed by atoms with Crippen LogP contribution in [0.4, 0.5) is 11.4 Å². The molecule has 1 amide bonds. The largest absolute Gasteiger partial charge is 0.495 e. The topological polar surface area (TPSA) is 63.2 Å². The molecule has 0 aliphatic rings. The fourth-order valence-electron chi connectivity index (χ4n) is 1.61. The Bertz CT molecular complexity index is 614. The van der Waals surface area contributed by atoms with Gasteiger partial charge in [0.1, 0.15) is 11.4 Å². The Kier molecular flexibility index (Phi) is 4.57. The van der Waals surface area contributed by atoms with Gasteiger partial charge in [-0.15, -0.1) is 0 Å². The van der Waals surface area contributed by atoms with Crippen molar-refractivity contribution in [2.24, 2.45) is 0 Å². The fraction of sp³-hybridized carbons (Fsp3) is 0.143. The molecule has 0 fully saturated rings. The van der Waals surface area contributed by atoms with Crippen molar-refractivity contribution in [3.63, 3.8) is 0 Å². The van der Waals surface area contributed by atoms with Crippen molar-refractivity contribution in [3.8, 4) is 5.75 Å². The number of aromatic nitrogens is 1. The first-order chi connectivity index (χ1) is 9.63. The number of benzene rings is 1. The third kappa shape index (κ3) is 3.27. The Morgan fingerprint density at radius 2 is 2.00 bits per heavy atom. The number of nitrogens with zero attached hydrogens (tertiary/aromatic N) is 1. The molecule has 20 heavy (non-hydrogen) atoms. The highest BCUT2D eigenvalue weighted by molar-refractivity contribution is 9.10. The van der Waals surface area contributed by atoms with Crippen molar-refractivity contribution >= 4 is 33.2 Å². The van der Waals surface area contributed by atoms with E-state index in [1.54, 1.807) is 44.6 Å². The van der Waals surface area contributed by atoms with E-state index in [1.807, 2.05) is 6.07 Å². The molecule has 2 rings (SSSR count). The second-order valence-corrected chi connectivity index (χ2v) is 4.84. The second-order valence-electron chi connectivity index (χ2n) is 3.99. The molecule has 0 saturated heterocycles. The third-order valence-electron chi connectivity index (χ3n) is 2.69. The van der Waals surface area contributed by atoms with Crippen LogP contribution >= 0.6 is 15.9 Å². The molecule has 1 aromatic carbocycles. The first-order valence-corrected chi connectivity index (χ1v) is 6.72. The van der Waals surface area contributed by atoms with Gasteiger partial charge in [0, 0.05) is 18.8 Å². The molecule has 6 heteroatoms. The summed E-state index contributed by atoms with van der Waals surface area (Å²) >= 11 is 3.36. The summed E-state index contributed by atoms with van der Waals surface area (Å²) in [7, 11) is 3.37. The van der Waals surface area contributed by atoms with Crippen LogP contribution in [-0.2, 0) is 0 Å². The number of anilines is 2. The molecule has 0 spiro atoms. The van der Waals surface area contributed by atoms with E-state index in [2.05, 4.69) is 31.5 Å². The zero-order valence-electron chi connectivity index (χ0n) is 11.1. The van der Waals surface area contributed by atoms with Gasteiger partial charge >= 0.3 is 0 Å². The second kappa shape index (κ2) is 6.38. The maximum Gasteiger partial charge on any atom is 0.274 e. The summed E-state index contributed by atoms with van der Waals surface area (Å²) in [4.78, 5) is 16.1. The van der Waals surface area contributed by atoms with E-state index < -0.39 is 0 Å². The molecule has 2 aromatic rings. The molecule has 2 N–H and O–H groups in total. The maximum absolute atomic E-state index is 12.1. The number of nitrogens with one attached hydrogen (secondary N) is 2. The Morgan fingerprint density at radius 3 is 2.60 bits per heavy atom. The van der Waals surface area contributed by atoms with Crippen molar-refractivity contribution in [2.45, 2.75) is 0 Å². The summed E-state index contributed by atoms with van der Waals surface area (Å²) in [5.74, 6) is 0.387. The number of carbonyl (C=O) groups is 1. The minimum Gasteiger partial charge on any atom is -0.495 e. The molecule has 0 radical (unpaired) electrons. The molecule has 104 valence electrons. The zero-order valence-corrected chi connectivity index (χ0v) is 12.7. The average molecular weight is 336 g/mol. The number of rotatable bonds is 4. The van der Waals surface area contributed by atoms with Gasteiger partial charge in [0.25, 0.3) is 5.91 Å². The van der Waals surface area contributed by atoms with Crippen LogP contribution in [0.25, 0.3) is 0 Å². The summed E-state index contributed by atoms with van der Waals surface area (Å²) in [6, 6.07) is 8.80. The molecule has 1 aromatic heterocycles. The van der Waals surface area contributed by atoms with Crippen molar-refractivity contribution in [1.82, 2.24) is 4.98 Å². The van der Waals surface area contributed by atoms with E-state index >= 15 is 0 Å². The Labute approximate surface area is 125 Å². The van der Waals surface area contributed by atoms with Gasteiger partial charge in [-0.25, -0.2) is 4.98 Å². The van der Waals surface area contributed by atoms with Gasteiger partial charge in [-0.3, -0.25) is 4.79 Å². The van der Waals surface area contributed by atoms with E-state index in [9.17, 15) is 4.79 Å². The van der Waals surface area contributed by atoms with Crippen LogP contribution in [0.1, 0.15) is 10.5 Å². The number of pyridine rings is 1.